The van der Waals surface area contributed by atoms with Crippen molar-refractivity contribution >= 4 is 11.6 Å². The number of aromatic nitrogens is 3. The number of aryl methyl sites for hydroxylation is 1. The molecule has 0 unspecified atom stereocenters. The average Bonchev–Trinajstić information content (AvgIpc) is 2.88. The zero-order valence-electron chi connectivity index (χ0n) is 10.8. The standard InChI is InChI=1S/C15H12ClN3O/c1-10-15(18-19-17-10)13-4-2-3-5-14(13)20-12-8-6-11(16)7-9-12/h2-9H,1H3,(H,17,18,19). The molecule has 3 aromatic rings. The highest BCUT2D eigenvalue weighted by Gasteiger charge is 2.12. The predicted octanol–water partition coefficient (Wildman–Crippen LogP) is 4.23. The van der Waals surface area contributed by atoms with Gasteiger partial charge in [0.2, 0.25) is 0 Å². The smallest absolute Gasteiger partial charge is 0.136 e. The molecule has 0 aliphatic carbocycles. The highest BCUT2D eigenvalue weighted by Crippen LogP contribution is 2.33. The molecule has 0 atom stereocenters. The molecule has 1 N–H and O–H groups in total. The van der Waals surface area contributed by atoms with Gasteiger partial charge in [-0.2, -0.15) is 0 Å². The number of benzene rings is 2. The molecule has 0 bridgehead atoms. The molecule has 0 aliphatic rings. The van der Waals surface area contributed by atoms with Crippen molar-refractivity contribution in [3.8, 4) is 22.8 Å². The molecule has 1 heterocycles. The van der Waals surface area contributed by atoms with Crippen molar-refractivity contribution in [3.63, 3.8) is 0 Å². The van der Waals surface area contributed by atoms with Gasteiger partial charge in [0.1, 0.15) is 17.2 Å². The second kappa shape index (κ2) is 5.35. The Morgan fingerprint density at radius 3 is 2.50 bits per heavy atom. The molecule has 3 rings (SSSR count). The Morgan fingerprint density at radius 1 is 1.05 bits per heavy atom. The van der Waals surface area contributed by atoms with Gasteiger partial charge in [0, 0.05) is 10.6 Å². The Morgan fingerprint density at radius 2 is 1.80 bits per heavy atom. The third-order valence-corrected chi connectivity index (χ3v) is 3.16. The van der Waals surface area contributed by atoms with Crippen molar-refractivity contribution in [2.24, 2.45) is 0 Å². The van der Waals surface area contributed by atoms with Crippen LogP contribution in [0.4, 0.5) is 0 Å². The minimum Gasteiger partial charge on any atom is -0.457 e. The molecule has 0 radical (unpaired) electrons. The van der Waals surface area contributed by atoms with Gasteiger partial charge in [-0.3, -0.25) is 5.10 Å². The number of H-pyrrole nitrogens is 1. The number of rotatable bonds is 3. The first-order valence-electron chi connectivity index (χ1n) is 6.14. The van der Waals surface area contributed by atoms with Gasteiger partial charge < -0.3 is 4.74 Å². The molecule has 0 amide bonds. The van der Waals surface area contributed by atoms with Crippen molar-refractivity contribution in [2.45, 2.75) is 6.92 Å². The van der Waals surface area contributed by atoms with Gasteiger partial charge in [-0.1, -0.05) is 28.9 Å². The Hall–Kier alpha value is -2.33. The number of para-hydroxylation sites is 1. The summed E-state index contributed by atoms with van der Waals surface area (Å²) in [4.78, 5) is 0. The lowest BCUT2D eigenvalue weighted by molar-refractivity contribution is 0.484. The number of nitrogens with zero attached hydrogens (tertiary/aromatic N) is 2. The van der Waals surface area contributed by atoms with Gasteiger partial charge in [0.25, 0.3) is 0 Å². The quantitative estimate of drug-likeness (QED) is 0.783. The summed E-state index contributed by atoms with van der Waals surface area (Å²) in [7, 11) is 0. The number of nitrogens with one attached hydrogen (secondary N) is 1. The zero-order valence-corrected chi connectivity index (χ0v) is 11.6. The van der Waals surface area contributed by atoms with Crippen LogP contribution in [-0.2, 0) is 0 Å². The van der Waals surface area contributed by atoms with Crippen LogP contribution in [0.15, 0.2) is 48.5 Å². The van der Waals surface area contributed by atoms with Gasteiger partial charge in [-0.15, -0.1) is 5.10 Å². The van der Waals surface area contributed by atoms with E-state index in [-0.39, 0.29) is 0 Å². The Bertz CT molecular complexity index is 722. The lowest BCUT2D eigenvalue weighted by atomic mass is 10.1. The molecule has 0 spiro atoms. The maximum Gasteiger partial charge on any atom is 0.136 e. The molecule has 1 aromatic heterocycles. The van der Waals surface area contributed by atoms with Crippen molar-refractivity contribution in [3.05, 3.63) is 59.2 Å². The van der Waals surface area contributed by atoms with Gasteiger partial charge in [0.15, 0.2) is 0 Å². The van der Waals surface area contributed by atoms with E-state index < -0.39 is 0 Å². The van der Waals surface area contributed by atoms with Crippen LogP contribution in [-0.4, -0.2) is 15.4 Å². The van der Waals surface area contributed by atoms with Crippen LogP contribution < -0.4 is 4.74 Å². The first-order valence-corrected chi connectivity index (χ1v) is 6.52. The normalized spacial score (nSPS) is 10.5. The van der Waals surface area contributed by atoms with Crippen LogP contribution in [0.3, 0.4) is 0 Å². The number of aromatic amines is 1. The second-order valence-electron chi connectivity index (χ2n) is 4.34. The maximum atomic E-state index is 5.90. The van der Waals surface area contributed by atoms with Gasteiger partial charge in [-0.25, -0.2) is 0 Å². The van der Waals surface area contributed by atoms with E-state index in [0.717, 1.165) is 28.5 Å². The maximum absolute atomic E-state index is 5.90. The summed E-state index contributed by atoms with van der Waals surface area (Å²) in [6, 6.07) is 15.0. The minimum absolute atomic E-state index is 0.679. The highest BCUT2D eigenvalue weighted by molar-refractivity contribution is 6.30. The minimum atomic E-state index is 0.679. The molecule has 0 fully saturated rings. The van der Waals surface area contributed by atoms with E-state index >= 15 is 0 Å². The van der Waals surface area contributed by atoms with E-state index in [1.807, 2.05) is 43.3 Å². The molecule has 2 aromatic carbocycles. The molecule has 5 heteroatoms. The number of hydrogen-bond acceptors (Lipinski definition) is 3. The zero-order chi connectivity index (χ0) is 13.9. The molecule has 0 aliphatic heterocycles. The van der Waals surface area contributed by atoms with Crippen molar-refractivity contribution in [1.29, 1.82) is 0 Å². The molecular formula is C15H12ClN3O. The summed E-state index contributed by atoms with van der Waals surface area (Å²) in [6.07, 6.45) is 0. The fraction of sp³-hybridized carbons (Fsp3) is 0.0667. The predicted molar refractivity (Wildman–Crippen MR) is 78.1 cm³/mol. The van der Waals surface area contributed by atoms with Crippen LogP contribution in [0.25, 0.3) is 11.3 Å². The summed E-state index contributed by atoms with van der Waals surface area (Å²) in [5.74, 6) is 1.45. The van der Waals surface area contributed by atoms with Gasteiger partial charge in [0.05, 0.1) is 5.69 Å². The fourth-order valence-corrected chi connectivity index (χ4v) is 2.04. The van der Waals surface area contributed by atoms with Crippen molar-refractivity contribution in [2.75, 3.05) is 0 Å². The summed E-state index contributed by atoms with van der Waals surface area (Å²) < 4.78 is 5.90. The summed E-state index contributed by atoms with van der Waals surface area (Å²) >= 11 is 5.87. The van der Waals surface area contributed by atoms with Crippen LogP contribution in [0, 0.1) is 6.92 Å². The first-order chi connectivity index (χ1) is 9.74. The van der Waals surface area contributed by atoms with Gasteiger partial charge in [-0.05, 0) is 43.3 Å². The van der Waals surface area contributed by atoms with E-state index in [2.05, 4.69) is 15.4 Å². The topological polar surface area (TPSA) is 50.8 Å². The molecular weight excluding hydrogens is 274 g/mol. The summed E-state index contributed by atoms with van der Waals surface area (Å²) in [5, 5.41) is 11.4. The van der Waals surface area contributed by atoms with Crippen LogP contribution in [0.5, 0.6) is 11.5 Å². The third-order valence-electron chi connectivity index (χ3n) is 2.91. The van der Waals surface area contributed by atoms with Gasteiger partial charge >= 0.3 is 0 Å². The highest BCUT2D eigenvalue weighted by atomic mass is 35.5. The summed E-state index contributed by atoms with van der Waals surface area (Å²) in [6.45, 7) is 1.93. The summed E-state index contributed by atoms with van der Waals surface area (Å²) in [5.41, 5.74) is 2.58. The van der Waals surface area contributed by atoms with E-state index in [9.17, 15) is 0 Å². The van der Waals surface area contributed by atoms with Crippen LogP contribution >= 0.6 is 11.6 Å². The largest absolute Gasteiger partial charge is 0.457 e. The van der Waals surface area contributed by atoms with Crippen molar-refractivity contribution < 1.29 is 4.74 Å². The Labute approximate surface area is 121 Å². The van der Waals surface area contributed by atoms with Crippen LogP contribution in [0.2, 0.25) is 5.02 Å². The second-order valence-corrected chi connectivity index (χ2v) is 4.77. The van der Waals surface area contributed by atoms with E-state index in [4.69, 9.17) is 16.3 Å². The SMILES string of the molecule is Cc1[nH]nnc1-c1ccccc1Oc1ccc(Cl)cc1. The van der Waals surface area contributed by atoms with Crippen molar-refractivity contribution in [1.82, 2.24) is 15.4 Å². The third kappa shape index (κ3) is 2.51. The Balaban J connectivity index is 1.98. The van der Waals surface area contributed by atoms with E-state index in [1.165, 1.54) is 0 Å². The monoisotopic (exact) mass is 285 g/mol. The van der Waals surface area contributed by atoms with E-state index in [1.54, 1.807) is 12.1 Å². The molecule has 0 saturated heterocycles. The lowest BCUT2D eigenvalue weighted by Crippen LogP contribution is -1.89. The molecule has 0 saturated carbocycles. The first kappa shape index (κ1) is 12.7. The molecule has 20 heavy (non-hydrogen) atoms. The number of ether oxygens (including phenoxy) is 1. The van der Waals surface area contributed by atoms with Crippen LogP contribution in [0.1, 0.15) is 5.69 Å². The molecule has 4 nitrogen and oxygen atoms in total. The fourth-order valence-electron chi connectivity index (χ4n) is 1.91. The Kier molecular flexibility index (Phi) is 3.39. The van der Waals surface area contributed by atoms with E-state index in [0.29, 0.717) is 5.02 Å². The lowest BCUT2D eigenvalue weighted by Gasteiger charge is -2.10. The number of hydrogen-bond donors (Lipinski definition) is 1. The number of halogens is 1. The molecule has 100 valence electrons. The average molecular weight is 286 g/mol.